The molecule has 0 amide bonds. The fourth-order valence-electron chi connectivity index (χ4n) is 2.06. The molecule has 0 aliphatic heterocycles. The topological polar surface area (TPSA) is 37.8 Å². The maximum absolute atomic E-state index is 6.05. The molecule has 3 rings (SSSR count). The quantitative estimate of drug-likeness (QED) is 0.674. The number of fused-ring (bicyclic) bond motifs is 1. The first-order chi connectivity index (χ1) is 10.1. The van der Waals surface area contributed by atoms with Crippen molar-refractivity contribution in [2.24, 2.45) is 0 Å². The summed E-state index contributed by atoms with van der Waals surface area (Å²) in [7, 11) is 0. The van der Waals surface area contributed by atoms with Crippen LogP contribution in [0.5, 0.6) is 0 Å². The molecule has 0 bridgehead atoms. The van der Waals surface area contributed by atoms with Crippen LogP contribution >= 0.6 is 34.5 Å². The summed E-state index contributed by atoms with van der Waals surface area (Å²) in [5.74, 6) is 1.54. The van der Waals surface area contributed by atoms with Crippen LogP contribution in [0, 0.1) is 6.92 Å². The third kappa shape index (κ3) is 2.98. The molecule has 0 spiro atoms. The lowest BCUT2D eigenvalue weighted by atomic mass is 10.2. The lowest BCUT2D eigenvalue weighted by Crippen LogP contribution is -1.97. The molecular weight excluding hydrogens is 325 g/mol. The Kier molecular flexibility index (Phi) is 4.02. The van der Waals surface area contributed by atoms with Gasteiger partial charge < -0.3 is 5.32 Å². The highest BCUT2D eigenvalue weighted by molar-refractivity contribution is 7.18. The zero-order valence-electron chi connectivity index (χ0n) is 11.6. The molecule has 0 aliphatic carbocycles. The van der Waals surface area contributed by atoms with Crippen molar-refractivity contribution in [3.8, 4) is 0 Å². The normalized spacial score (nSPS) is 11.0. The van der Waals surface area contributed by atoms with Crippen LogP contribution < -0.4 is 5.32 Å². The second-order valence-electron chi connectivity index (χ2n) is 4.66. The van der Waals surface area contributed by atoms with E-state index in [-0.39, 0.29) is 0 Å². The van der Waals surface area contributed by atoms with Gasteiger partial charge in [-0.15, -0.1) is 11.3 Å². The van der Waals surface area contributed by atoms with Gasteiger partial charge in [0.15, 0.2) is 0 Å². The minimum Gasteiger partial charge on any atom is -0.340 e. The Bertz CT molecular complexity index is 814. The zero-order valence-corrected chi connectivity index (χ0v) is 13.9. The molecule has 1 N–H and O–H groups in total. The van der Waals surface area contributed by atoms with E-state index in [9.17, 15) is 0 Å². The number of nitrogens with zero attached hydrogens (tertiary/aromatic N) is 2. The Morgan fingerprint density at radius 2 is 1.95 bits per heavy atom. The molecule has 6 heteroatoms. The highest BCUT2D eigenvalue weighted by atomic mass is 35.5. The minimum atomic E-state index is 0.517. The van der Waals surface area contributed by atoms with Crippen LogP contribution in [0.1, 0.15) is 17.6 Å². The maximum atomic E-state index is 6.05. The van der Waals surface area contributed by atoms with E-state index in [1.807, 2.05) is 13.0 Å². The van der Waals surface area contributed by atoms with E-state index in [0.717, 1.165) is 34.0 Å². The largest absolute Gasteiger partial charge is 0.340 e. The fourth-order valence-corrected chi connectivity index (χ4v) is 3.37. The predicted molar refractivity (Wildman–Crippen MR) is 91.3 cm³/mol. The van der Waals surface area contributed by atoms with Crippen molar-refractivity contribution in [3.63, 3.8) is 0 Å². The van der Waals surface area contributed by atoms with Gasteiger partial charge in [-0.05, 0) is 37.6 Å². The third-order valence-electron chi connectivity index (χ3n) is 3.09. The molecule has 0 aliphatic rings. The van der Waals surface area contributed by atoms with E-state index >= 15 is 0 Å². The van der Waals surface area contributed by atoms with Crippen molar-refractivity contribution in [3.05, 3.63) is 45.0 Å². The van der Waals surface area contributed by atoms with Crippen LogP contribution in [0.2, 0.25) is 10.0 Å². The molecule has 2 heterocycles. The standard InChI is InChI=1S/C15H13Cl2N3S/c1-3-10-7-11-14(18-8(2)19-15(11)21-10)20-9-4-5-12(16)13(17)6-9/h4-7H,3H2,1-2H3,(H,18,19,20). The molecule has 0 atom stereocenters. The van der Waals surface area contributed by atoms with Gasteiger partial charge in [-0.25, -0.2) is 9.97 Å². The highest BCUT2D eigenvalue weighted by Gasteiger charge is 2.10. The van der Waals surface area contributed by atoms with Crippen LogP contribution in [0.4, 0.5) is 11.5 Å². The molecule has 21 heavy (non-hydrogen) atoms. The van der Waals surface area contributed by atoms with E-state index in [1.54, 1.807) is 23.5 Å². The van der Waals surface area contributed by atoms with E-state index in [2.05, 4.69) is 28.3 Å². The van der Waals surface area contributed by atoms with E-state index < -0.39 is 0 Å². The van der Waals surface area contributed by atoms with E-state index in [1.165, 1.54) is 4.88 Å². The summed E-state index contributed by atoms with van der Waals surface area (Å²) in [5, 5.41) is 5.40. The molecule has 1 aromatic carbocycles. The van der Waals surface area contributed by atoms with E-state index in [4.69, 9.17) is 23.2 Å². The van der Waals surface area contributed by atoms with Gasteiger partial charge in [0.05, 0.1) is 15.4 Å². The molecule has 0 saturated carbocycles. The lowest BCUT2D eigenvalue weighted by molar-refractivity contribution is 1.10. The third-order valence-corrected chi connectivity index (χ3v) is 5.00. The summed E-state index contributed by atoms with van der Waals surface area (Å²) >= 11 is 13.7. The average Bonchev–Trinajstić information content (AvgIpc) is 2.86. The van der Waals surface area contributed by atoms with Gasteiger partial charge in [0.1, 0.15) is 16.5 Å². The smallest absolute Gasteiger partial charge is 0.142 e. The molecular formula is C15H13Cl2N3S. The number of rotatable bonds is 3. The Hall–Kier alpha value is -1.36. The monoisotopic (exact) mass is 337 g/mol. The number of thiophene rings is 1. The minimum absolute atomic E-state index is 0.517. The molecule has 2 aromatic heterocycles. The van der Waals surface area contributed by atoms with Gasteiger partial charge in [-0.2, -0.15) is 0 Å². The van der Waals surface area contributed by atoms with Gasteiger partial charge in [-0.3, -0.25) is 0 Å². The highest BCUT2D eigenvalue weighted by Crippen LogP contribution is 2.32. The SMILES string of the molecule is CCc1cc2c(Nc3ccc(Cl)c(Cl)c3)nc(C)nc2s1. The molecule has 0 saturated heterocycles. The number of aryl methyl sites for hydroxylation is 2. The number of benzene rings is 1. The van der Waals surface area contributed by atoms with Gasteiger partial charge in [0, 0.05) is 10.6 Å². The van der Waals surface area contributed by atoms with Crippen LogP contribution in [0.15, 0.2) is 24.3 Å². The first-order valence-corrected chi connectivity index (χ1v) is 8.13. The first-order valence-electron chi connectivity index (χ1n) is 6.56. The van der Waals surface area contributed by atoms with Crippen LogP contribution in [-0.2, 0) is 6.42 Å². The summed E-state index contributed by atoms with van der Waals surface area (Å²) < 4.78 is 0. The van der Waals surface area contributed by atoms with Crippen LogP contribution in [0.25, 0.3) is 10.2 Å². The Morgan fingerprint density at radius 3 is 2.67 bits per heavy atom. The van der Waals surface area contributed by atoms with Gasteiger partial charge in [0.25, 0.3) is 0 Å². The Labute approximate surface area is 137 Å². The van der Waals surface area contributed by atoms with Gasteiger partial charge in [-0.1, -0.05) is 30.1 Å². The number of halogens is 2. The molecule has 3 nitrogen and oxygen atoms in total. The average molecular weight is 338 g/mol. The van der Waals surface area contributed by atoms with Gasteiger partial charge >= 0.3 is 0 Å². The summed E-state index contributed by atoms with van der Waals surface area (Å²) in [6.07, 6.45) is 0.992. The summed E-state index contributed by atoms with van der Waals surface area (Å²) in [6, 6.07) is 7.58. The Balaban J connectivity index is 2.06. The fraction of sp³-hybridized carbons (Fsp3) is 0.200. The summed E-state index contributed by atoms with van der Waals surface area (Å²) in [5.41, 5.74) is 0.855. The van der Waals surface area contributed by atoms with Crippen LogP contribution in [0.3, 0.4) is 0 Å². The first kappa shape index (κ1) is 14.6. The molecule has 0 fully saturated rings. The predicted octanol–water partition coefficient (Wildman–Crippen LogP) is 5.61. The molecule has 108 valence electrons. The van der Waals surface area contributed by atoms with Crippen molar-refractivity contribution in [2.45, 2.75) is 20.3 Å². The molecule has 0 unspecified atom stereocenters. The van der Waals surface area contributed by atoms with Crippen molar-refractivity contribution < 1.29 is 0 Å². The number of hydrogen-bond acceptors (Lipinski definition) is 4. The van der Waals surface area contributed by atoms with Gasteiger partial charge in [0.2, 0.25) is 0 Å². The number of hydrogen-bond donors (Lipinski definition) is 1. The second-order valence-corrected chi connectivity index (χ2v) is 6.59. The van der Waals surface area contributed by atoms with Crippen molar-refractivity contribution >= 4 is 56.3 Å². The van der Waals surface area contributed by atoms with Crippen molar-refractivity contribution in [1.29, 1.82) is 0 Å². The van der Waals surface area contributed by atoms with Crippen molar-refractivity contribution in [1.82, 2.24) is 9.97 Å². The second kappa shape index (κ2) is 5.79. The Morgan fingerprint density at radius 1 is 1.14 bits per heavy atom. The maximum Gasteiger partial charge on any atom is 0.142 e. The number of anilines is 2. The zero-order chi connectivity index (χ0) is 15.0. The number of nitrogens with one attached hydrogen (secondary N) is 1. The van der Waals surface area contributed by atoms with E-state index in [0.29, 0.717) is 10.0 Å². The number of aromatic nitrogens is 2. The molecule has 3 aromatic rings. The summed E-state index contributed by atoms with van der Waals surface area (Å²) in [4.78, 5) is 11.3. The summed E-state index contributed by atoms with van der Waals surface area (Å²) in [6.45, 7) is 4.03. The lowest BCUT2D eigenvalue weighted by Gasteiger charge is -2.08. The van der Waals surface area contributed by atoms with Crippen LogP contribution in [-0.4, -0.2) is 9.97 Å². The van der Waals surface area contributed by atoms with Crippen molar-refractivity contribution in [2.75, 3.05) is 5.32 Å². The molecule has 0 radical (unpaired) electrons.